The number of methoxy groups -OCH3 is 2. The monoisotopic (exact) mass is 1230 g/mol. The number of fused-ring (bicyclic) bond motifs is 14. The number of aliphatic hydroxyl groups excluding tert-OH is 1. The minimum atomic E-state index is -1.07. The highest BCUT2D eigenvalue weighted by Crippen LogP contribution is 2.77. The summed E-state index contributed by atoms with van der Waals surface area (Å²) >= 11 is 0. The summed E-state index contributed by atoms with van der Waals surface area (Å²) < 4.78 is 15.5. The van der Waals surface area contributed by atoms with Crippen LogP contribution in [0.15, 0.2) is 23.3 Å². The van der Waals surface area contributed by atoms with Gasteiger partial charge in [0.1, 0.15) is 13.1 Å². The van der Waals surface area contributed by atoms with Gasteiger partial charge in [0, 0.05) is 31.0 Å². The molecule has 88 heavy (non-hydrogen) atoms. The predicted octanol–water partition coefficient (Wildman–Crippen LogP) is 11.9. The average Bonchev–Trinajstić information content (AvgIpc) is 0.682. The number of aliphatic hydroxyl groups is 1. The van der Waals surface area contributed by atoms with Crippen LogP contribution in [0.3, 0.4) is 0 Å². The van der Waals surface area contributed by atoms with Crippen molar-refractivity contribution in [3.63, 3.8) is 0 Å². The fourth-order valence-electron chi connectivity index (χ4n) is 22.7. The first kappa shape index (κ1) is 69.1. The van der Waals surface area contributed by atoms with Gasteiger partial charge in [-0.2, -0.15) is 0 Å². The topological polar surface area (TPSA) is 253 Å². The van der Waals surface area contributed by atoms with Crippen LogP contribution >= 0.6 is 0 Å². The second-order valence-electron chi connectivity index (χ2n) is 33.2. The number of ether oxygens (including phenoxy) is 3. The lowest BCUT2D eigenvalue weighted by Crippen LogP contribution is -2.68. The van der Waals surface area contributed by atoms with Crippen molar-refractivity contribution in [2.75, 3.05) is 41.0 Å². The molecule has 494 valence electrons. The lowest BCUT2D eigenvalue weighted by atomic mass is 9.33. The number of nitrogens with one attached hydrogen (secondary N) is 4. The highest BCUT2D eigenvalue weighted by Gasteiger charge is 2.73. The molecule has 10 aliphatic carbocycles. The maximum absolute atomic E-state index is 14.6. The third kappa shape index (κ3) is 10.8. The molecule has 18 atom stereocenters. The van der Waals surface area contributed by atoms with E-state index in [2.05, 4.69) is 111 Å². The van der Waals surface area contributed by atoms with Crippen LogP contribution in [0.1, 0.15) is 219 Å². The molecule has 4 unspecified atom stereocenters. The molecule has 0 spiro atoms. The number of amides is 4. The Morgan fingerprint density at radius 1 is 0.511 bits per heavy atom. The van der Waals surface area contributed by atoms with Gasteiger partial charge in [-0.1, -0.05) is 94.2 Å². The lowest BCUT2D eigenvalue weighted by Gasteiger charge is -2.70. The summed E-state index contributed by atoms with van der Waals surface area (Å²) in [6.07, 6.45) is 20.5. The van der Waals surface area contributed by atoms with Crippen LogP contribution in [0.4, 0.5) is 9.59 Å². The van der Waals surface area contributed by atoms with Crippen LogP contribution in [0.5, 0.6) is 0 Å². The van der Waals surface area contributed by atoms with Crippen molar-refractivity contribution < 1.29 is 62.8 Å². The maximum Gasteiger partial charge on any atom is 0.325 e. The Morgan fingerprint density at radius 2 is 0.875 bits per heavy atom. The van der Waals surface area contributed by atoms with E-state index in [0.717, 1.165) is 123 Å². The minimum absolute atomic E-state index is 0.0684. The summed E-state index contributed by atoms with van der Waals surface area (Å²) in [6, 6.07) is -0.986. The highest BCUT2D eigenvalue weighted by molar-refractivity contribution is 5.96. The molecule has 6 N–H and O–H groups in total. The van der Waals surface area contributed by atoms with Crippen molar-refractivity contribution in [3.8, 4) is 0 Å². The first-order valence-corrected chi connectivity index (χ1v) is 33.4. The van der Waals surface area contributed by atoms with Crippen LogP contribution in [-0.2, 0) is 43.0 Å². The molecule has 8 saturated carbocycles. The van der Waals surface area contributed by atoms with Crippen molar-refractivity contribution in [2.24, 2.45) is 100 Å². The molecular weight excluding hydrogens is 1120 g/mol. The minimum Gasteiger partial charge on any atom is -0.480 e. The van der Waals surface area contributed by atoms with Crippen LogP contribution < -0.4 is 21.3 Å². The van der Waals surface area contributed by atoms with E-state index >= 15 is 0 Å². The molecule has 0 radical (unpaired) electrons. The number of hydrogen-bond acceptors (Lipinski definition) is 12. The van der Waals surface area contributed by atoms with Crippen LogP contribution in [0, 0.1) is 100 Å². The van der Waals surface area contributed by atoms with Gasteiger partial charge in [0.2, 0.25) is 0 Å². The van der Waals surface area contributed by atoms with Gasteiger partial charge in [0.25, 0.3) is 0 Å². The van der Waals surface area contributed by atoms with Gasteiger partial charge >= 0.3 is 35.9 Å². The summed E-state index contributed by atoms with van der Waals surface area (Å²) in [4.78, 5) is 103. The summed E-state index contributed by atoms with van der Waals surface area (Å²) in [5, 5.41) is 27.3. The molecule has 4 amide bonds. The maximum atomic E-state index is 14.6. The molecule has 0 aromatic carbocycles. The standard InChI is InChI=1S/C36H56N2O6.C34H52N2O6.CH4O/c1-10-44-27(40)21-37-30(42)38-26-12-13-34(6)25(31(26,2)3)11-14-36(8)28(34)24(39)19-22-23-20-33(5,29(41)43-9)16-15-32(23,4)17-18-35(22,36)7;1-29(2)23-9-12-34(7)26(32(23,5)11-10-24(29)36-28(41)35-19-25(38)39)22(37)17-20-21-18-31(4,27(40)42-8)14-13-30(21,3)15-16-33(20,34)6;1-2/h19,23,25-26,28H,10-18,20-21H2,1-9H3,(H2,37,38,42);17,21,23-24,26H,9-16,18-19H2,1-8H3,(H,38,39)(H2,35,36,41);2H,1H3/t23?,25-,26?,28+,32+,33-,34-,35+,36+;21?,23-,24?,26+,30+,31-,32-,33+,34+;/m00./s1. The third-order valence-corrected chi connectivity index (χ3v) is 28.3. The van der Waals surface area contributed by atoms with E-state index in [4.69, 9.17) is 24.4 Å². The predicted molar refractivity (Wildman–Crippen MR) is 336 cm³/mol. The van der Waals surface area contributed by atoms with Gasteiger partial charge in [0.15, 0.2) is 11.6 Å². The van der Waals surface area contributed by atoms with E-state index < -0.39 is 35.3 Å². The zero-order valence-electron chi connectivity index (χ0n) is 57.0. The molecular formula is C71H112N4O13. The van der Waals surface area contributed by atoms with Crippen LogP contribution in [0.2, 0.25) is 0 Å². The van der Waals surface area contributed by atoms with E-state index in [9.17, 15) is 38.4 Å². The molecule has 8 fully saturated rings. The van der Waals surface area contributed by atoms with Crippen molar-refractivity contribution in [2.45, 2.75) is 232 Å². The quantitative estimate of drug-likeness (QED) is 0.0929. The van der Waals surface area contributed by atoms with Crippen LogP contribution in [0.25, 0.3) is 0 Å². The number of ketones is 2. The SMILES string of the molecule is CCOC(=O)CNC(=O)NC1CC[C@]2(C)[C@H]3C(=O)C=C4C5C[C@@](C)(C(=O)OC)CC[C@]5(C)CC[C@@]4(C)[C@]3(C)CC[C@H]2C1(C)C.CO.COC(=O)[C@@]1(C)CC[C@]2(C)CC[C@]3(C)C(=CC(=O)[C@@H]4[C@@]5(C)CCC(NC(=O)NCC(=O)O)C(C)(C)[C@@H]5CC[C@]43C)C2C1. The Balaban J connectivity index is 0.000000222. The number of carboxylic acids is 1. The second kappa shape index (κ2) is 23.7. The number of urea groups is 2. The smallest absolute Gasteiger partial charge is 0.325 e. The van der Waals surface area contributed by atoms with Crippen molar-refractivity contribution in [3.05, 3.63) is 23.3 Å². The Hall–Kier alpha value is -4.80. The third-order valence-electron chi connectivity index (χ3n) is 28.3. The zero-order chi connectivity index (χ0) is 65.6. The molecule has 0 saturated heterocycles. The molecule has 0 aromatic heterocycles. The molecule has 0 aromatic rings. The Labute approximate surface area is 525 Å². The number of carbonyl (C=O) groups excluding carboxylic acids is 7. The number of hydrogen-bond donors (Lipinski definition) is 6. The average molecular weight is 1230 g/mol. The number of aliphatic carboxylic acids is 1. The molecule has 0 bridgehead atoms. The summed E-state index contributed by atoms with van der Waals surface area (Å²) in [6.45, 7) is 33.5. The van der Waals surface area contributed by atoms with Gasteiger partial charge < -0.3 is 45.7 Å². The van der Waals surface area contributed by atoms with E-state index in [1.807, 2.05) is 19.1 Å². The molecule has 0 heterocycles. The normalized spacial score (nSPS) is 43.9. The van der Waals surface area contributed by atoms with E-state index in [1.165, 1.54) is 25.4 Å². The van der Waals surface area contributed by atoms with Crippen LogP contribution in [-0.4, -0.2) is 111 Å². The Bertz CT molecular complexity index is 2860. The van der Waals surface area contributed by atoms with Gasteiger partial charge in [-0.3, -0.25) is 28.8 Å². The molecule has 17 nitrogen and oxygen atoms in total. The number of allylic oxidation sites excluding steroid dienone is 4. The van der Waals surface area contributed by atoms with Crippen molar-refractivity contribution in [1.29, 1.82) is 0 Å². The number of esters is 3. The summed E-state index contributed by atoms with van der Waals surface area (Å²) in [5.74, 6) is -0.639. The summed E-state index contributed by atoms with van der Waals surface area (Å²) in [7, 11) is 3.97. The van der Waals surface area contributed by atoms with Crippen molar-refractivity contribution in [1.82, 2.24) is 21.3 Å². The lowest BCUT2D eigenvalue weighted by molar-refractivity contribution is -0.190. The van der Waals surface area contributed by atoms with Gasteiger partial charge in [-0.25, -0.2) is 9.59 Å². The fourth-order valence-corrected chi connectivity index (χ4v) is 22.7. The van der Waals surface area contributed by atoms with Crippen molar-refractivity contribution >= 4 is 47.5 Å². The van der Waals surface area contributed by atoms with Gasteiger partial charge in [0.05, 0.1) is 31.7 Å². The Kier molecular flexibility index (Phi) is 18.6. The molecule has 17 heteroatoms. The number of rotatable bonds is 9. The Morgan fingerprint density at radius 3 is 1.23 bits per heavy atom. The first-order chi connectivity index (χ1) is 40.8. The number of carboxylic acid groups (broad SMARTS) is 1. The molecule has 10 aliphatic rings. The summed E-state index contributed by atoms with van der Waals surface area (Å²) in [5.41, 5.74) is 0.110. The zero-order valence-corrected chi connectivity index (χ0v) is 57.0. The largest absolute Gasteiger partial charge is 0.480 e. The van der Waals surface area contributed by atoms with Gasteiger partial charge in [-0.05, 0) is 226 Å². The molecule has 0 aliphatic heterocycles. The number of carbonyl (C=O) groups is 8. The molecule has 10 rings (SSSR count). The highest BCUT2D eigenvalue weighted by atomic mass is 16.5. The fraction of sp³-hybridized carbons (Fsp3) is 0.831. The first-order valence-electron chi connectivity index (χ1n) is 33.4. The second-order valence-corrected chi connectivity index (χ2v) is 33.2. The van der Waals surface area contributed by atoms with E-state index in [0.29, 0.717) is 0 Å². The van der Waals surface area contributed by atoms with E-state index in [-0.39, 0.29) is 144 Å². The van der Waals surface area contributed by atoms with E-state index in [1.54, 1.807) is 6.92 Å². The van der Waals surface area contributed by atoms with Gasteiger partial charge in [-0.15, -0.1) is 0 Å².